The Balaban J connectivity index is 2.28. The van der Waals surface area contributed by atoms with Gasteiger partial charge in [-0.25, -0.2) is 4.39 Å². The molecule has 0 aliphatic heterocycles. The first kappa shape index (κ1) is 13.1. The van der Waals surface area contributed by atoms with Gasteiger partial charge in [-0.15, -0.1) is 0 Å². The van der Waals surface area contributed by atoms with Crippen LogP contribution >= 0.6 is 0 Å². The number of phenolic OH excluding ortho intramolecular Hbond substituents is 1. The van der Waals surface area contributed by atoms with Gasteiger partial charge in [-0.1, -0.05) is 12.1 Å². The summed E-state index contributed by atoms with van der Waals surface area (Å²) in [5, 5.41) is 12.3. The Hall–Kier alpha value is -2.36. The summed E-state index contributed by atoms with van der Waals surface area (Å²) in [5.74, 6) is -0.941. The lowest BCUT2D eigenvalue weighted by molar-refractivity contribution is 0.102. The smallest absolute Gasteiger partial charge is 0.259 e. The lowest BCUT2D eigenvalue weighted by Crippen LogP contribution is -2.13. The van der Waals surface area contributed by atoms with E-state index >= 15 is 0 Å². The van der Waals surface area contributed by atoms with E-state index in [1.165, 1.54) is 24.3 Å². The molecule has 1 amide bonds. The molecule has 2 rings (SSSR count). The predicted octanol–water partition coefficient (Wildman–Crippen LogP) is 3.40. The van der Waals surface area contributed by atoms with Gasteiger partial charge in [0, 0.05) is 11.3 Å². The summed E-state index contributed by atoms with van der Waals surface area (Å²) in [7, 11) is 0. The fourth-order valence-electron chi connectivity index (χ4n) is 1.77. The van der Waals surface area contributed by atoms with Crippen LogP contribution in [0.15, 0.2) is 36.4 Å². The monoisotopic (exact) mass is 259 g/mol. The maximum Gasteiger partial charge on any atom is 0.259 e. The molecular weight excluding hydrogens is 245 g/mol. The van der Waals surface area contributed by atoms with Crippen molar-refractivity contribution in [3.8, 4) is 5.75 Å². The third-order valence-electron chi connectivity index (χ3n) is 2.91. The van der Waals surface area contributed by atoms with E-state index < -0.39 is 5.91 Å². The van der Waals surface area contributed by atoms with Crippen molar-refractivity contribution in [1.29, 1.82) is 0 Å². The third kappa shape index (κ3) is 2.73. The third-order valence-corrected chi connectivity index (χ3v) is 2.91. The number of nitrogens with one attached hydrogen (secondary N) is 1. The number of hydrogen-bond donors (Lipinski definition) is 2. The standard InChI is InChI=1S/C15H14FNO2/c1-9-6-7-11(14(18)8-9)15(19)17-13-5-3-4-12(16)10(13)2/h3-8,18H,1-2H3,(H,17,19). The quantitative estimate of drug-likeness (QED) is 0.868. The number of aromatic hydroxyl groups is 1. The van der Waals surface area contributed by atoms with Gasteiger partial charge in [0.2, 0.25) is 0 Å². The number of aryl methyl sites for hydroxylation is 1. The van der Waals surface area contributed by atoms with Crippen LogP contribution in [0.3, 0.4) is 0 Å². The second-order valence-corrected chi connectivity index (χ2v) is 4.39. The molecule has 0 aliphatic rings. The topological polar surface area (TPSA) is 49.3 Å². The molecule has 0 saturated carbocycles. The van der Waals surface area contributed by atoms with Crippen molar-refractivity contribution < 1.29 is 14.3 Å². The van der Waals surface area contributed by atoms with Crippen molar-refractivity contribution >= 4 is 11.6 Å². The van der Waals surface area contributed by atoms with Gasteiger partial charge in [0.15, 0.2) is 0 Å². The van der Waals surface area contributed by atoms with Crippen molar-refractivity contribution in [2.24, 2.45) is 0 Å². The number of hydrogen-bond acceptors (Lipinski definition) is 2. The summed E-state index contributed by atoms with van der Waals surface area (Å²) in [6, 6.07) is 9.23. The molecule has 3 nitrogen and oxygen atoms in total. The summed E-state index contributed by atoms with van der Waals surface area (Å²) in [5.41, 5.74) is 1.78. The summed E-state index contributed by atoms with van der Waals surface area (Å²) < 4.78 is 13.4. The van der Waals surface area contributed by atoms with Crippen molar-refractivity contribution in [2.75, 3.05) is 5.32 Å². The fraction of sp³-hybridized carbons (Fsp3) is 0.133. The van der Waals surface area contributed by atoms with E-state index in [4.69, 9.17) is 0 Å². The number of benzene rings is 2. The lowest BCUT2D eigenvalue weighted by Gasteiger charge is -2.10. The van der Waals surface area contributed by atoms with E-state index in [0.717, 1.165) is 5.56 Å². The number of amides is 1. The molecule has 19 heavy (non-hydrogen) atoms. The number of carbonyl (C=O) groups excluding carboxylic acids is 1. The number of phenols is 1. The van der Waals surface area contributed by atoms with E-state index in [1.54, 1.807) is 19.1 Å². The van der Waals surface area contributed by atoms with Crippen molar-refractivity contribution in [2.45, 2.75) is 13.8 Å². The number of carbonyl (C=O) groups is 1. The van der Waals surface area contributed by atoms with Gasteiger partial charge in [-0.05, 0) is 43.7 Å². The minimum absolute atomic E-state index is 0.0912. The Morgan fingerprint density at radius 1 is 1.21 bits per heavy atom. The van der Waals surface area contributed by atoms with Gasteiger partial charge in [-0.2, -0.15) is 0 Å². The van der Waals surface area contributed by atoms with Gasteiger partial charge < -0.3 is 10.4 Å². The molecule has 4 heteroatoms. The number of anilines is 1. The van der Waals surface area contributed by atoms with E-state index in [9.17, 15) is 14.3 Å². The second-order valence-electron chi connectivity index (χ2n) is 4.39. The van der Waals surface area contributed by atoms with Gasteiger partial charge in [0.05, 0.1) is 5.56 Å². The first-order chi connectivity index (χ1) is 8.99. The van der Waals surface area contributed by atoms with Crippen molar-refractivity contribution in [3.05, 3.63) is 58.9 Å². The number of rotatable bonds is 2. The molecule has 0 aliphatic carbocycles. The van der Waals surface area contributed by atoms with Crippen LogP contribution in [0.1, 0.15) is 21.5 Å². The zero-order valence-electron chi connectivity index (χ0n) is 10.7. The molecule has 2 aromatic rings. The molecule has 0 spiro atoms. The van der Waals surface area contributed by atoms with Crippen LogP contribution in [-0.2, 0) is 0 Å². The Kier molecular flexibility index (Phi) is 3.51. The van der Waals surface area contributed by atoms with Crippen LogP contribution in [0.2, 0.25) is 0 Å². The van der Waals surface area contributed by atoms with Crippen LogP contribution in [0.5, 0.6) is 5.75 Å². The Morgan fingerprint density at radius 3 is 2.63 bits per heavy atom. The largest absolute Gasteiger partial charge is 0.507 e. The van der Waals surface area contributed by atoms with Crippen LogP contribution in [-0.4, -0.2) is 11.0 Å². The first-order valence-corrected chi connectivity index (χ1v) is 5.85. The highest BCUT2D eigenvalue weighted by Crippen LogP contribution is 2.22. The first-order valence-electron chi connectivity index (χ1n) is 5.85. The highest BCUT2D eigenvalue weighted by Gasteiger charge is 2.13. The van der Waals surface area contributed by atoms with Crippen LogP contribution in [0, 0.1) is 19.7 Å². The highest BCUT2D eigenvalue weighted by molar-refractivity contribution is 6.06. The molecule has 0 radical (unpaired) electrons. The van der Waals surface area contributed by atoms with Gasteiger partial charge in [-0.3, -0.25) is 4.79 Å². The highest BCUT2D eigenvalue weighted by atomic mass is 19.1. The summed E-state index contributed by atoms with van der Waals surface area (Å²) in [6.45, 7) is 3.40. The normalized spacial score (nSPS) is 10.3. The molecule has 0 aromatic heterocycles. The second kappa shape index (κ2) is 5.10. The molecule has 2 N–H and O–H groups in total. The average molecular weight is 259 g/mol. The van der Waals surface area contributed by atoms with Crippen LogP contribution in [0.25, 0.3) is 0 Å². The van der Waals surface area contributed by atoms with Crippen molar-refractivity contribution in [3.63, 3.8) is 0 Å². The Labute approximate surface area is 110 Å². The maximum atomic E-state index is 13.4. The van der Waals surface area contributed by atoms with Crippen LogP contribution in [0.4, 0.5) is 10.1 Å². The molecular formula is C15H14FNO2. The van der Waals surface area contributed by atoms with Crippen molar-refractivity contribution in [1.82, 2.24) is 0 Å². The zero-order chi connectivity index (χ0) is 14.0. The Bertz CT molecular complexity index is 638. The lowest BCUT2D eigenvalue weighted by atomic mass is 10.1. The molecule has 0 saturated heterocycles. The van der Waals surface area contributed by atoms with E-state index in [0.29, 0.717) is 11.3 Å². The molecule has 0 fully saturated rings. The molecule has 0 heterocycles. The predicted molar refractivity (Wildman–Crippen MR) is 71.9 cm³/mol. The Morgan fingerprint density at radius 2 is 1.95 bits per heavy atom. The summed E-state index contributed by atoms with van der Waals surface area (Å²) in [6.07, 6.45) is 0. The molecule has 2 aromatic carbocycles. The fourth-order valence-corrected chi connectivity index (χ4v) is 1.77. The van der Waals surface area contributed by atoms with E-state index in [2.05, 4.69) is 5.32 Å². The van der Waals surface area contributed by atoms with E-state index in [-0.39, 0.29) is 17.1 Å². The zero-order valence-corrected chi connectivity index (χ0v) is 10.7. The van der Waals surface area contributed by atoms with Gasteiger partial charge >= 0.3 is 0 Å². The summed E-state index contributed by atoms with van der Waals surface area (Å²) in [4.78, 5) is 12.0. The average Bonchev–Trinajstić information content (AvgIpc) is 2.34. The van der Waals surface area contributed by atoms with Crippen LogP contribution < -0.4 is 5.32 Å². The number of halogens is 1. The minimum atomic E-state index is -0.466. The molecule has 98 valence electrons. The van der Waals surface area contributed by atoms with E-state index in [1.807, 2.05) is 6.92 Å². The SMILES string of the molecule is Cc1ccc(C(=O)Nc2cccc(F)c2C)c(O)c1. The maximum absolute atomic E-state index is 13.4. The minimum Gasteiger partial charge on any atom is -0.507 e. The summed E-state index contributed by atoms with van der Waals surface area (Å²) >= 11 is 0. The molecule has 0 unspecified atom stereocenters. The van der Waals surface area contributed by atoms with Gasteiger partial charge in [0.1, 0.15) is 11.6 Å². The molecule has 0 bridgehead atoms. The van der Waals surface area contributed by atoms with Gasteiger partial charge in [0.25, 0.3) is 5.91 Å². The molecule has 0 atom stereocenters.